The van der Waals surface area contributed by atoms with Crippen molar-refractivity contribution < 1.29 is 4.79 Å². The molecular weight excluding hydrogens is 334 g/mol. The van der Waals surface area contributed by atoms with Crippen LogP contribution in [0, 0.1) is 13.8 Å². The summed E-state index contributed by atoms with van der Waals surface area (Å²) in [7, 11) is 0. The molecule has 0 unspecified atom stereocenters. The third kappa shape index (κ3) is 3.61. The van der Waals surface area contributed by atoms with Crippen molar-refractivity contribution in [3.63, 3.8) is 0 Å². The molecule has 1 aliphatic carbocycles. The molecule has 0 aliphatic heterocycles. The fourth-order valence-corrected chi connectivity index (χ4v) is 3.89. The summed E-state index contributed by atoms with van der Waals surface area (Å²) in [6.45, 7) is 4.67. The van der Waals surface area contributed by atoms with E-state index in [-0.39, 0.29) is 11.7 Å². The van der Waals surface area contributed by atoms with Crippen LogP contribution >= 0.6 is 0 Å². The predicted molar refractivity (Wildman–Crippen MR) is 107 cm³/mol. The Morgan fingerprint density at radius 3 is 2.48 bits per heavy atom. The fourth-order valence-electron chi connectivity index (χ4n) is 3.89. The second kappa shape index (κ2) is 7.31. The van der Waals surface area contributed by atoms with E-state index in [4.69, 9.17) is 4.98 Å². The summed E-state index contributed by atoms with van der Waals surface area (Å²) in [5, 5.41) is 3.30. The second-order valence-corrected chi connectivity index (χ2v) is 7.18. The van der Waals surface area contributed by atoms with Crippen LogP contribution in [0.3, 0.4) is 0 Å². The summed E-state index contributed by atoms with van der Waals surface area (Å²) in [6, 6.07) is 18.5. The van der Waals surface area contributed by atoms with Gasteiger partial charge in [-0.1, -0.05) is 54.6 Å². The van der Waals surface area contributed by atoms with Gasteiger partial charge in [-0.3, -0.25) is 4.79 Å². The fraction of sp³-hybridized carbons (Fsp3) is 0.261. The summed E-state index contributed by atoms with van der Waals surface area (Å²) >= 11 is 0. The predicted octanol–water partition coefficient (Wildman–Crippen LogP) is 4.62. The van der Waals surface area contributed by atoms with E-state index in [1.165, 1.54) is 16.7 Å². The summed E-state index contributed by atoms with van der Waals surface area (Å²) in [5.41, 5.74) is 5.99. The highest BCUT2D eigenvalue weighted by atomic mass is 16.1. The van der Waals surface area contributed by atoms with Crippen LogP contribution in [0.25, 0.3) is 0 Å². The number of ketones is 1. The minimum atomic E-state index is 0.150. The number of nitrogens with one attached hydrogen (secondary N) is 1. The van der Waals surface area contributed by atoms with E-state index in [0.29, 0.717) is 24.5 Å². The molecule has 0 fully saturated rings. The third-order valence-corrected chi connectivity index (χ3v) is 5.24. The molecule has 4 heteroatoms. The lowest BCUT2D eigenvalue weighted by Gasteiger charge is -2.25. The number of nitrogens with zero attached hydrogens (tertiary/aromatic N) is 2. The molecule has 0 spiro atoms. The number of carbonyl (C=O) groups is 1. The first kappa shape index (κ1) is 17.4. The number of benzene rings is 2. The Morgan fingerprint density at radius 2 is 1.70 bits per heavy atom. The Hall–Kier alpha value is -3.01. The van der Waals surface area contributed by atoms with Crippen LogP contribution in [0.15, 0.2) is 54.6 Å². The first-order valence-electron chi connectivity index (χ1n) is 9.36. The van der Waals surface area contributed by atoms with E-state index in [0.717, 1.165) is 17.8 Å². The normalized spacial score (nSPS) is 16.1. The largest absolute Gasteiger partial charge is 0.350 e. The molecule has 4 nitrogen and oxygen atoms in total. The maximum atomic E-state index is 12.8. The molecule has 1 N–H and O–H groups in total. The van der Waals surface area contributed by atoms with Gasteiger partial charge in [-0.2, -0.15) is 0 Å². The molecule has 1 aliphatic rings. The van der Waals surface area contributed by atoms with Crippen molar-refractivity contribution in [1.29, 1.82) is 0 Å². The number of anilines is 1. The van der Waals surface area contributed by atoms with E-state index < -0.39 is 0 Å². The molecule has 0 radical (unpaired) electrons. The van der Waals surface area contributed by atoms with Crippen molar-refractivity contribution >= 4 is 11.7 Å². The van der Waals surface area contributed by atoms with Crippen LogP contribution < -0.4 is 5.32 Å². The average molecular weight is 357 g/mol. The smallest absolute Gasteiger partial charge is 0.223 e. The van der Waals surface area contributed by atoms with Crippen molar-refractivity contribution in [2.75, 3.05) is 5.32 Å². The Morgan fingerprint density at radius 1 is 0.963 bits per heavy atom. The Bertz CT molecular complexity index is 982. The van der Waals surface area contributed by atoms with E-state index in [1.807, 2.05) is 37.3 Å². The van der Waals surface area contributed by atoms with Gasteiger partial charge in [0.2, 0.25) is 5.95 Å². The van der Waals surface area contributed by atoms with Gasteiger partial charge in [-0.25, -0.2) is 9.97 Å². The van der Waals surface area contributed by atoms with Crippen molar-refractivity contribution in [2.45, 2.75) is 39.2 Å². The summed E-state index contributed by atoms with van der Waals surface area (Å²) in [6.07, 6.45) is 1.30. The molecule has 136 valence electrons. The number of hydrogen-bond donors (Lipinski definition) is 1. The molecule has 0 bridgehead atoms. The van der Waals surface area contributed by atoms with Gasteiger partial charge in [0, 0.05) is 13.0 Å². The Kier molecular flexibility index (Phi) is 4.71. The zero-order valence-electron chi connectivity index (χ0n) is 15.7. The van der Waals surface area contributed by atoms with Crippen LogP contribution in [-0.4, -0.2) is 15.8 Å². The maximum Gasteiger partial charge on any atom is 0.223 e. The minimum absolute atomic E-state index is 0.150. The van der Waals surface area contributed by atoms with Gasteiger partial charge in [-0.05, 0) is 42.9 Å². The van der Waals surface area contributed by atoms with E-state index >= 15 is 0 Å². The molecule has 1 aromatic heterocycles. The number of rotatable bonds is 4. The monoisotopic (exact) mass is 357 g/mol. The lowest BCUT2D eigenvalue weighted by Crippen LogP contribution is -2.23. The third-order valence-electron chi connectivity index (χ3n) is 5.24. The van der Waals surface area contributed by atoms with Crippen LogP contribution in [0.2, 0.25) is 0 Å². The summed E-state index contributed by atoms with van der Waals surface area (Å²) in [5.74, 6) is 0.924. The molecule has 1 heterocycles. The summed E-state index contributed by atoms with van der Waals surface area (Å²) < 4.78 is 0. The van der Waals surface area contributed by atoms with Gasteiger partial charge >= 0.3 is 0 Å². The Labute approximate surface area is 159 Å². The van der Waals surface area contributed by atoms with Crippen molar-refractivity contribution in [3.8, 4) is 0 Å². The maximum absolute atomic E-state index is 12.8. The molecule has 0 saturated carbocycles. The summed E-state index contributed by atoms with van der Waals surface area (Å²) in [4.78, 5) is 22.0. The number of carbonyl (C=O) groups excluding carboxylic acids is 1. The van der Waals surface area contributed by atoms with Gasteiger partial charge in [-0.15, -0.1) is 0 Å². The van der Waals surface area contributed by atoms with Crippen molar-refractivity contribution in [1.82, 2.24) is 9.97 Å². The van der Waals surface area contributed by atoms with Gasteiger partial charge < -0.3 is 5.32 Å². The van der Waals surface area contributed by atoms with Crippen LogP contribution in [0.1, 0.15) is 50.8 Å². The number of aromatic nitrogens is 2. The van der Waals surface area contributed by atoms with E-state index in [1.54, 1.807) is 0 Å². The quantitative estimate of drug-likeness (QED) is 0.740. The van der Waals surface area contributed by atoms with Gasteiger partial charge in [0.15, 0.2) is 5.78 Å². The van der Waals surface area contributed by atoms with Gasteiger partial charge in [0.05, 0.1) is 17.0 Å². The SMILES string of the molecule is Cc1ccccc1[C@@H]1CC(=O)c2c(C)nc(NCc3ccccc3)nc2C1. The topological polar surface area (TPSA) is 54.9 Å². The first-order chi connectivity index (χ1) is 13.1. The van der Waals surface area contributed by atoms with E-state index in [9.17, 15) is 4.79 Å². The number of hydrogen-bond acceptors (Lipinski definition) is 4. The van der Waals surface area contributed by atoms with E-state index in [2.05, 4.69) is 41.5 Å². The molecule has 27 heavy (non-hydrogen) atoms. The molecular formula is C23H23N3O. The first-order valence-corrected chi connectivity index (χ1v) is 9.36. The standard InChI is InChI=1S/C23H23N3O/c1-15-8-6-7-11-19(15)18-12-20-22(21(27)13-18)16(2)25-23(26-20)24-14-17-9-4-3-5-10-17/h3-11,18H,12-14H2,1-2H3,(H,24,25,26)/t18-/m0/s1. The molecule has 1 atom stereocenters. The molecule has 3 aromatic rings. The highest BCUT2D eigenvalue weighted by Crippen LogP contribution is 2.34. The average Bonchev–Trinajstić information content (AvgIpc) is 2.67. The van der Waals surface area contributed by atoms with Crippen LogP contribution in [-0.2, 0) is 13.0 Å². The molecule has 0 saturated heterocycles. The van der Waals surface area contributed by atoms with Gasteiger partial charge in [0.25, 0.3) is 0 Å². The molecule has 4 rings (SSSR count). The zero-order valence-corrected chi connectivity index (χ0v) is 15.7. The zero-order chi connectivity index (χ0) is 18.8. The highest BCUT2D eigenvalue weighted by molar-refractivity contribution is 5.99. The van der Waals surface area contributed by atoms with Crippen LogP contribution in [0.4, 0.5) is 5.95 Å². The van der Waals surface area contributed by atoms with Crippen molar-refractivity contribution in [3.05, 3.63) is 88.2 Å². The number of Topliss-reactive ketones (excluding diaryl/α,β-unsaturated/α-hetero) is 1. The number of fused-ring (bicyclic) bond motifs is 1. The molecule has 0 amide bonds. The minimum Gasteiger partial charge on any atom is -0.350 e. The lowest BCUT2D eigenvalue weighted by atomic mass is 9.80. The number of aryl methyl sites for hydroxylation is 2. The molecule has 2 aromatic carbocycles. The second-order valence-electron chi connectivity index (χ2n) is 7.18. The highest BCUT2D eigenvalue weighted by Gasteiger charge is 2.30. The van der Waals surface area contributed by atoms with Crippen LogP contribution in [0.5, 0.6) is 0 Å². The van der Waals surface area contributed by atoms with Gasteiger partial charge in [0.1, 0.15) is 0 Å². The van der Waals surface area contributed by atoms with Crippen molar-refractivity contribution in [2.24, 2.45) is 0 Å². The lowest BCUT2D eigenvalue weighted by molar-refractivity contribution is 0.0962. The Balaban J connectivity index is 1.61.